The molecule has 0 radical (unpaired) electrons. The lowest BCUT2D eigenvalue weighted by Crippen LogP contribution is -2.25. The summed E-state index contributed by atoms with van der Waals surface area (Å²) in [7, 11) is 1.85. The molecule has 1 heterocycles. The number of nitrogens with zero attached hydrogens (tertiary/aromatic N) is 2. The van der Waals surface area contributed by atoms with Crippen molar-refractivity contribution in [3.05, 3.63) is 52.3 Å². The molecule has 1 N–H and O–H groups in total. The number of aromatic nitrogens is 2. The van der Waals surface area contributed by atoms with E-state index in [2.05, 4.69) is 10.4 Å². The lowest BCUT2D eigenvalue weighted by molar-refractivity contribution is 0.532. The lowest BCUT2D eigenvalue weighted by atomic mass is 9.96. The van der Waals surface area contributed by atoms with E-state index in [1.165, 1.54) is 12.1 Å². The van der Waals surface area contributed by atoms with Gasteiger partial charge < -0.3 is 5.32 Å². The Hall–Kier alpha value is -1.75. The van der Waals surface area contributed by atoms with Crippen molar-refractivity contribution in [2.24, 2.45) is 7.05 Å². The highest BCUT2D eigenvalue weighted by molar-refractivity contribution is 5.38. The smallest absolute Gasteiger partial charge is 0.128 e. The number of hydrogen-bond acceptors (Lipinski definition) is 2. The topological polar surface area (TPSA) is 29.9 Å². The Bertz CT molecular complexity index is 635. The lowest BCUT2D eigenvalue weighted by Gasteiger charge is -2.20. The zero-order valence-corrected chi connectivity index (χ0v) is 12.9. The zero-order chi connectivity index (χ0) is 15.6. The normalized spacial score (nSPS) is 12.7. The Kier molecular flexibility index (Phi) is 4.73. The number of hydrogen-bond donors (Lipinski definition) is 1. The van der Waals surface area contributed by atoms with Crippen molar-refractivity contribution in [1.29, 1.82) is 0 Å². The highest BCUT2D eigenvalue weighted by Gasteiger charge is 2.24. The summed E-state index contributed by atoms with van der Waals surface area (Å²) in [5.41, 5.74) is 3.01. The third-order valence-corrected chi connectivity index (χ3v) is 3.72. The van der Waals surface area contributed by atoms with E-state index >= 15 is 0 Å². The minimum absolute atomic E-state index is 0.322. The first-order valence-electron chi connectivity index (χ1n) is 7.14. The van der Waals surface area contributed by atoms with Crippen molar-refractivity contribution in [2.75, 3.05) is 6.54 Å². The Balaban J connectivity index is 2.55. The van der Waals surface area contributed by atoms with Gasteiger partial charge in [0, 0.05) is 23.9 Å². The van der Waals surface area contributed by atoms with Crippen LogP contribution in [0.5, 0.6) is 0 Å². The largest absolute Gasteiger partial charge is 0.306 e. The molecule has 21 heavy (non-hydrogen) atoms. The van der Waals surface area contributed by atoms with Crippen LogP contribution in [0.1, 0.15) is 41.9 Å². The van der Waals surface area contributed by atoms with Gasteiger partial charge in [-0.1, -0.05) is 6.92 Å². The minimum atomic E-state index is -0.436. The fourth-order valence-corrected chi connectivity index (χ4v) is 2.60. The molecule has 3 nitrogen and oxygen atoms in total. The van der Waals surface area contributed by atoms with Gasteiger partial charge in [0.05, 0.1) is 11.7 Å². The predicted molar refractivity (Wildman–Crippen MR) is 79.2 cm³/mol. The average molecular weight is 293 g/mol. The van der Waals surface area contributed by atoms with Crippen molar-refractivity contribution in [2.45, 2.75) is 33.2 Å². The molecule has 0 spiro atoms. The molecule has 0 saturated carbocycles. The van der Waals surface area contributed by atoms with Gasteiger partial charge in [0.25, 0.3) is 0 Å². The molecule has 0 aliphatic heterocycles. The van der Waals surface area contributed by atoms with E-state index in [1.807, 2.05) is 27.8 Å². The molecule has 2 rings (SSSR count). The van der Waals surface area contributed by atoms with E-state index in [0.29, 0.717) is 12.1 Å². The summed E-state index contributed by atoms with van der Waals surface area (Å²) >= 11 is 0. The zero-order valence-electron chi connectivity index (χ0n) is 12.9. The second kappa shape index (κ2) is 6.35. The molecule has 2 aromatic rings. The molecule has 0 saturated heterocycles. The first-order chi connectivity index (χ1) is 9.95. The van der Waals surface area contributed by atoms with Crippen molar-refractivity contribution in [1.82, 2.24) is 15.1 Å². The van der Waals surface area contributed by atoms with Gasteiger partial charge in [0.2, 0.25) is 0 Å². The first-order valence-corrected chi connectivity index (χ1v) is 7.14. The van der Waals surface area contributed by atoms with Crippen LogP contribution in [0.2, 0.25) is 0 Å². The van der Waals surface area contributed by atoms with Crippen LogP contribution in [0.3, 0.4) is 0 Å². The molecule has 1 aromatic heterocycles. The van der Waals surface area contributed by atoms with Crippen LogP contribution in [-0.2, 0) is 7.05 Å². The molecule has 114 valence electrons. The molecule has 0 aliphatic rings. The monoisotopic (exact) mass is 293 g/mol. The summed E-state index contributed by atoms with van der Waals surface area (Å²) in [5, 5.41) is 7.68. The maximum atomic E-state index is 14.2. The summed E-state index contributed by atoms with van der Waals surface area (Å²) in [5.74, 6) is -0.846. The highest BCUT2D eigenvalue weighted by atomic mass is 19.1. The van der Waals surface area contributed by atoms with Crippen molar-refractivity contribution in [3.8, 4) is 0 Å². The van der Waals surface area contributed by atoms with Crippen molar-refractivity contribution >= 4 is 0 Å². The van der Waals surface area contributed by atoms with E-state index in [4.69, 9.17) is 0 Å². The van der Waals surface area contributed by atoms with Crippen LogP contribution in [0.15, 0.2) is 18.2 Å². The third kappa shape index (κ3) is 3.13. The minimum Gasteiger partial charge on any atom is -0.306 e. The van der Waals surface area contributed by atoms with E-state index < -0.39 is 17.7 Å². The van der Waals surface area contributed by atoms with Crippen molar-refractivity contribution in [3.63, 3.8) is 0 Å². The van der Waals surface area contributed by atoms with E-state index in [9.17, 15) is 8.78 Å². The second-order valence-electron chi connectivity index (χ2n) is 5.26. The maximum absolute atomic E-state index is 14.2. The Morgan fingerprint density at radius 3 is 2.57 bits per heavy atom. The van der Waals surface area contributed by atoms with Gasteiger partial charge in [-0.15, -0.1) is 0 Å². The standard InChI is InChI=1S/C16H21F2N3/c1-5-8-19-16(13-9-12(17)6-7-14(13)18)15-10(2)20-21(4)11(15)3/h6-7,9,16,19H,5,8H2,1-4H3. The number of aryl methyl sites for hydroxylation is 2. The first kappa shape index (κ1) is 15.6. The molecule has 1 atom stereocenters. The van der Waals surface area contributed by atoms with Crippen LogP contribution in [0, 0.1) is 25.5 Å². The molecule has 0 bridgehead atoms. The third-order valence-electron chi connectivity index (χ3n) is 3.72. The SMILES string of the molecule is CCCNC(c1cc(F)ccc1F)c1c(C)nn(C)c1C. The number of nitrogens with one attached hydrogen (secondary N) is 1. The fraction of sp³-hybridized carbons (Fsp3) is 0.438. The predicted octanol–water partition coefficient (Wildman–Crippen LogP) is 3.40. The molecular formula is C16H21F2N3. The second-order valence-corrected chi connectivity index (χ2v) is 5.26. The number of benzene rings is 1. The van der Waals surface area contributed by atoms with Crippen LogP contribution in [0.4, 0.5) is 8.78 Å². The fourth-order valence-electron chi connectivity index (χ4n) is 2.60. The van der Waals surface area contributed by atoms with Crippen LogP contribution in [-0.4, -0.2) is 16.3 Å². The molecule has 0 aliphatic carbocycles. The number of halogens is 2. The van der Waals surface area contributed by atoms with Gasteiger partial charge in [-0.2, -0.15) is 5.10 Å². The Morgan fingerprint density at radius 1 is 1.29 bits per heavy atom. The van der Waals surface area contributed by atoms with Crippen LogP contribution in [0.25, 0.3) is 0 Å². The van der Waals surface area contributed by atoms with Gasteiger partial charge in [0.1, 0.15) is 11.6 Å². The molecular weight excluding hydrogens is 272 g/mol. The Labute approximate surface area is 124 Å². The Morgan fingerprint density at radius 2 is 2.00 bits per heavy atom. The summed E-state index contributed by atoms with van der Waals surface area (Å²) in [4.78, 5) is 0. The van der Waals surface area contributed by atoms with Gasteiger partial charge in [0.15, 0.2) is 0 Å². The molecule has 1 aromatic carbocycles. The molecule has 5 heteroatoms. The number of rotatable bonds is 5. The quantitative estimate of drug-likeness (QED) is 0.915. The summed E-state index contributed by atoms with van der Waals surface area (Å²) in [6.07, 6.45) is 0.909. The van der Waals surface area contributed by atoms with E-state index in [-0.39, 0.29) is 0 Å². The highest BCUT2D eigenvalue weighted by Crippen LogP contribution is 2.29. The van der Waals surface area contributed by atoms with E-state index in [1.54, 1.807) is 4.68 Å². The van der Waals surface area contributed by atoms with Crippen molar-refractivity contribution < 1.29 is 8.78 Å². The summed E-state index contributed by atoms with van der Waals surface area (Å²) in [6.45, 7) is 6.58. The molecule has 0 fully saturated rings. The average Bonchev–Trinajstić information content (AvgIpc) is 2.69. The van der Waals surface area contributed by atoms with Gasteiger partial charge >= 0.3 is 0 Å². The van der Waals surface area contributed by atoms with Crippen LogP contribution >= 0.6 is 0 Å². The maximum Gasteiger partial charge on any atom is 0.128 e. The van der Waals surface area contributed by atoms with Crippen LogP contribution < -0.4 is 5.32 Å². The molecule has 1 unspecified atom stereocenters. The summed E-state index contributed by atoms with van der Waals surface area (Å²) in [6, 6.07) is 3.17. The van der Waals surface area contributed by atoms with Gasteiger partial charge in [-0.05, 0) is 45.0 Å². The van der Waals surface area contributed by atoms with Gasteiger partial charge in [-0.25, -0.2) is 8.78 Å². The van der Waals surface area contributed by atoms with Gasteiger partial charge in [-0.3, -0.25) is 4.68 Å². The van der Waals surface area contributed by atoms with E-state index in [0.717, 1.165) is 29.4 Å². The molecule has 0 amide bonds. The summed E-state index contributed by atoms with van der Waals surface area (Å²) < 4.78 is 29.5.